The summed E-state index contributed by atoms with van der Waals surface area (Å²) >= 11 is 0. The van der Waals surface area contributed by atoms with Crippen LogP contribution in [-0.2, 0) is 32.0 Å². The lowest BCUT2D eigenvalue weighted by molar-refractivity contribution is -0.142. The zero-order chi connectivity index (χ0) is 31.5. The van der Waals surface area contributed by atoms with Gasteiger partial charge in [0.1, 0.15) is 18.1 Å². The lowest BCUT2D eigenvalue weighted by atomic mass is 9.99. The number of aliphatic imine (C=N–C) groups is 1. The number of nitrogens with two attached hydrogens (primary N) is 3. The molecule has 0 bridgehead atoms. The number of nitrogens with one attached hydrogen (secondary N) is 5. The van der Waals surface area contributed by atoms with Gasteiger partial charge in [-0.25, -0.2) is 9.78 Å². The van der Waals surface area contributed by atoms with E-state index in [1.165, 1.54) is 12.5 Å². The molecule has 2 aromatic heterocycles. The van der Waals surface area contributed by atoms with Crippen LogP contribution in [0.3, 0.4) is 0 Å². The number of fused-ring (bicyclic) bond motifs is 1. The first-order chi connectivity index (χ1) is 20.5. The minimum Gasteiger partial charge on any atom is -0.480 e. The van der Waals surface area contributed by atoms with E-state index < -0.39 is 47.9 Å². The number of benzene rings is 1. The van der Waals surface area contributed by atoms with E-state index in [0.29, 0.717) is 18.7 Å². The van der Waals surface area contributed by atoms with Crippen molar-refractivity contribution < 1.29 is 24.3 Å². The van der Waals surface area contributed by atoms with Gasteiger partial charge >= 0.3 is 5.97 Å². The predicted molar refractivity (Wildman–Crippen MR) is 160 cm³/mol. The summed E-state index contributed by atoms with van der Waals surface area (Å²) in [5.41, 5.74) is 18.8. The highest BCUT2D eigenvalue weighted by atomic mass is 16.4. The Morgan fingerprint density at radius 1 is 0.977 bits per heavy atom. The van der Waals surface area contributed by atoms with E-state index in [4.69, 9.17) is 17.2 Å². The number of hydrogen-bond donors (Lipinski definition) is 9. The van der Waals surface area contributed by atoms with Crippen molar-refractivity contribution in [1.82, 2.24) is 30.9 Å². The van der Waals surface area contributed by atoms with Crippen molar-refractivity contribution in [3.8, 4) is 0 Å². The summed E-state index contributed by atoms with van der Waals surface area (Å²) in [6.07, 6.45) is 5.37. The van der Waals surface area contributed by atoms with Gasteiger partial charge in [-0.1, -0.05) is 32.0 Å². The number of guanidine groups is 1. The lowest BCUT2D eigenvalue weighted by Crippen LogP contribution is -2.59. The first kappa shape index (κ1) is 32.6. The molecule has 0 saturated heterocycles. The average Bonchev–Trinajstić information content (AvgIpc) is 3.62. The third-order valence-corrected chi connectivity index (χ3v) is 6.88. The van der Waals surface area contributed by atoms with Crippen molar-refractivity contribution in [2.75, 3.05) is 6.54 Å². The van der Waals surface area contributed by atoms with Gasteiger partial charge in [0.15, 0.2) is 5.96 Å². The van der Waals surface area contributed by atoms with Gasteiger partial charge < -0.3 is 48.2 Å². The summed E-state index contributed by atoms with van der Waals surface area (Å²) in [4.78, 5) is 65.6. The molecule has 4 atom stereocenters. The summed E-state index contributed by atoms with van der Waals surface area (Å²) in [5.74, 6) is -3.52. The number of carbonyl (C=O) groups excluding carboxylic acids is 3. The zero-order valence-corrected chi connectivity index (χ0v) is 24.2. The van der Waals surface area contributed by atoms with Crippen LogP contribution in [0, 0.1) is 5.92 Å². The molecular weight excluding hydrogens is 556 g/mol. The molecule has 0 aliphatic rings. The molecule has 0 spiro atoms. The normalized spacial score (nSPS) is 14.0. The maximum atomic E-state index is 13.5. The summed E-state index contributed by atoms with van der Waals surface area (Å²) < 4.78 is 0. The number of para-hydroxylation sites is 1. The van der Waals surface area contributed by atoms with Crippen molar-refractivity contribution in [3.63, 3.8) is 0 Å². The van der Waals surface area contributed by atoms with E-state index in [-0.39, 0.29) is 31.1 Å². The number of aromatic nitrogens is 3. The number of imidazole rings is 1. The highest BCUT2D eigenvalue weighted by Gasteiger charge is 2.32. The van der Waals surface area contributed by atoms with Gasteiger partial charge in [-0.2, -0.15) is 0 Å². The molecule has 0 fully saturated rings. The smallest absolute Gasteiger partial charge is 0.326 e. The van der Waals surface area contributed by atoms with Gasteiger partial charge in [0, 0.05) is 48.4 Å². The van der Waals surface area contributed by atoms with Crippen LogP contribution in [0.2, 0.25) is 0 Å². The van der Waals surface area contributed by atoms with E-state index in [9.17, 15) is 24.3 Å². The van der Waals surface area contributed by atoms with Crippen molar-refractivity contribution in [2.45, 2.75) is 63.7 Å². The molecule has 2 heterocycles. The molecule has 1 aromatic carbocycles. The number of carbonyl (C=O) groups is 4. The van der Waals surface area contributed by atoms with E-state index in [1.807, 2.05) is 24.3 Å². The number of aliphatic carboxylic acids is 1. The number of carboxylic acid groups (broad SMARTS) is 1. The molecule has 3 amide bonds. The largest absolute Gasteiger partial charge is 0.480 e. The molecule has 12 N–H and O–H groups in total. The van der Waals surface area contributed by atoms with E-state index in [0.717, 1.165) is 16.5 Å². The van der Waals surface area contributed by atoms with Crippen molar-refractivity contribution >= 4 is 40.6 Å². The predicted octanol–water partition coefficient (Wildman–Crippen LogP) is -0.748. The monoisotopic (exact) mass is 596 g/mol. The number of hydrogen-bond acceptors (Lipinski definition) is 7. The third-order valence-electron chi connectivity index (χ3n) is 6.88. The summed E-state index contributed by atoms with van der Waals surface area (Å²) in [5, 5.41) is 18.6. The second-order valence-corrected chi connectivity index (χ2v) is 10.6. The Labute approximate surface area is 248 Å². The minimum atomic E-state index is -1.28. The Balaban J connectivity index is 1.78. The number of amides is 3. The van der Waals surface area contributed by atoms with E-state index in [1.54, 1.807) is 20.0 Å². The maximum Gasteiger partial charge on any atom is 0.326 e. The lowest BCUT2D eigenvalue weighted by Gasteiger charge is -2.27. The summed E-state index contributed by atoms with van der Waals surface area (Å²) in [6.45, 7) is 3.79. The number of nitrogens with zero attached hydrogens (tertiary/aromatic N) is 2. The molecule has 3 rings (SSSR count). The van der Waals surface area contributed by atoms with Gasteiger partial charge in [0.25, 0.3) is 0 Å². The van der Waals surface area contributed by atoms with Gasteiger partial charge in [0.2, 0.25) is 17.7 Å². The van der Waals surface area contributed by atoms with Crippen LogP contribution in [0.15, 0.2) is 48.0 Å². The average molecular weight is 597 g/mol. The van der Waals surface area contributed by atoms with Crippen LogP contribution in [0.1, 0.15) is 37.9 Å². The van der Waals surface area contributed by atoms with E-state index >= 15 is 0 Å². The molecule has 15 heteroatoms. The Kier molecular flexibility index (Phi) is 11.6. The number of aromatic amines is 2. The Morgan fingerprint density at radius 2 is 1.70 bits per heavy atom. The van der Waals surface area contributed by atoms with Gasteiger partial charge in [-0.3, -0.25) is 19.4 Å². The highest BCUT2D eigenvalue weighted by Crippen LogP contribution is 2.19. The summed E-state index contributed by atoms with van der Waals surface area (Å²) in [7, 11) is 0. The van der Waals surface area contributed by atoms with Crippen molar-refractivity contribution in [1.29, 1.82) is 0 Å². The number of carboxylic acids is 1. The molecule has 232 valence electrons. The molecule has 3 aromatic rings. The van der Waals surface area contributed by atoms with Crippen LogP contribution in [0.25, 0.3) is 10.9 Å². The Morgan fingerprint density at radius 3 is 2.35 bits per heavy atom. The third kappa shape index (κ3) is 9.56. The number of H-pyrrole nitrogens is 2. The second kappa shape index (κ2) is 15.3. The Bertz CT molecular complexity index is 1410. The van der Waals surface area contributed by atoms with Crippen LogP contribution in [-0.4, -0.2) is 80.4 Å². The fourth-order valence-corrected chi connectivity index (χ4v) is 4.53. The molecule has 0 saturated carbocycles. The summed E-state index contributed by atoms with van der Waals surface area (Å²) in [6, 6.07) is 3.09. The second-order valence-electron chi connectivity index (χ2n) is 10.6. The zero-order valence-electron chi connectivity index (χ0n) is 24.2. The quantitative estimate of drug-likeness (QED) is 0.0571. The number of rotatable bonds is 16. The van der Waals surface area contributed by atoms with Crippen LogP contribution in [0.5, 0.6) is 0 Å². The van der Waals surface area contributed by atoms with Crippen LogP contribution < -0.4 is 33.2 Å². The first-order valence-corrected chi connectivity index (χ1v) is 13.9. The van der Waals surface area contributed by atoms with Crippen LogP contribution >= 0.6 is 0 Å². The fraction of sp³-hybridized carbons (Fsp3) is 0.429. The molecular formula is C28H40N10O5. The minimum absolute atomic E-state index is 0.0411. The molecule has 15 nitrogen and oxygen atoms in total. The molecule has 0 aliphatic heterocycles. The fourth-order valence-electron chi connectivity index (χ4n) is 4.53. The van der Waals surface area contributed by atoms with Crippen LogP contribution in [0.4, 0.5) is 0 Å². The molecule has 43 heavy (non-hydrogen) atoms. The highest BCUT2D eigenvalue weighted by molar-refractivity contribution is 5.95. The molecule has 0 radical (unpaired) electrons. The molecule has 0 aliphatic carbocycles. The SMILES string of the molecule is CC(C)C(NC(=O)C(N)CCCN=C(N)N)C(=O)NC(Cc1c[nH]c2ccccc12)C(=O)NC(Cc1cnc[nH]1)C(=O)O. The molecule has 4 unspecified atom stereocenters. The van der Waals surface area contributed by atoms with Gasteiger partial charge in [0.05, 0.1) is 12.4 Å². The maximum absolute atomic E-state index is 13.5. The van der Waals surface area contributed by atoms with Gasteiger partial charge in [-0.05, 0) is 30.4 Å². The standard InChI is InChI=1S/C28H40N10O5/c1-15(2)23(38-24(39)19(29)7-5-9-33-28(30)31)26(41)36-21(10-16-12-34-20-8-4-3-6-18(16)20)25(40)37-22(27(42)43)11-17-13-32-14-35-17/h3-4,6,8,12-15,19,21-23,34H,5,7,9-11,29H2,1-2H3,(H,32,35)(H,36,41)(H,37,40)(H,38,39)(H,42,43)(H4,30,31,33). The van der Waals surface area contributed by atoms with Crippen molar-refractivity contribution in [2.24, 2.45) is 28.1 Å². The van der Waals surface area contributed by atoms with E-state index in [2.05, 4.69) is 35.9 Å². The Hall–Kier alpha value is -4.92. The van der Waals surface area contributed by atoms with Crippen molar-refractivity contribution in [3.05, 3.63) is 54.2 Å². The van der Waals surface area contributed by atoms with Gasteiger partial charge in [-0.15, -0.1) is 0 Å². The first-order valence-electron chi connectivity index (χ1n) is 13.9. The topological polar surface area (TPSA) is 259 Å².